The minimum atomic E-state index is -4.22. The molecule has 3 aliphatic heterocycles. The number of aromatic nitrogens is 2. The van der Waals surface area contributed by atoms with Gasteiger partial charge in [0.25, 0.3) is 0 Å². The molecular formula is C26H30F3N5S. The van der Waals surface area contributed by atoms with E-state index in [1.165, 1.54) is 17.5 Å². The summed E-state index contributed by atoms with van der Waals surface area (Å²) in [6.07, 6.45) is -1.47. The molecule has 3 fully saturated rings. The zero-order valence-corrected chi connectivity index (χ0v) is 20.6. The number of anilines is 1. The van der Waals surface area contributed by atoms with Gasteiger partial charge in [-0.25, -0.2) is 9.97 Å². The second-order valence-corrected chi connectivity index (χ2v) is 11.8. The van der Waals surface area contributed by atoms with Crippen molar-refractivity contribution in [2.24, 2.45) is 11.3 Å². The van der Waals surface area contributed by atoms with Crippen molar-refractivity contribution in [2.45, 2.75) is 38.4 Å². The van der Waals surface area contributed by atoms with Crippen molar-refractivity contribution in [2.75, 3.05) is 44.2 Å². The second kappa shape index (κ2) is 8.71. The van der Waals surface area contributed by atoms with Crippen molar-refractivity contribution in [3.8, 4) is 0 Å². The first-order valence-corrected chi connectivity index (χ1v) is 13.1. The number of nitrogens with one attached hydrogen (secondary N) is 1. The standard InChI is InChI=1S/C26H30F3N5S/c1-17-2-4-18(5-3-17)8-22(19-11-30-12-19)34-14-25(15-34)6-7-33(13-25)23-21-9-20(10-26(27,28)29)35-24(21)32-16-31-23/h2-5,9,16,19,22,30H,6-8,10-15H2,1H3. The smallest absolute Gasteiger partial charge is 0.355 e. The molecule has 5 heterocycles. The molecule has 0 bridgehead atoms. The van der Waals surface area contributed by atoms with E-state index in [-0.39, 0.29) is 5.41 Å². The van der Waals surface area contributed by atoms with Crippen LogP contribution in [0.2, 0.25) is 0 Å². The molecule has 186 valence electrons. The predicted octanol–water partition coefficient (Wildman–Crippen LogP) is 4.45. The Kier molecular flexibility index (Phi) is 5.77. The van der Waals surface area contributed by atoms with Crippen molar-refractivity contribution in [1.29, 1.82) is 0 Å². The third kappa shape index (κ3) is 4.66. The van der Waals surface area contributed by atoms with Crippen molar-refractivity contribution in [3.63, 3.8) is 0 Å². The Bertz CT molecular complexity index is 1200. The number of hydrogen-bond donors (Lipinski definition) is 1. The van der Waals surface area contributed by atoms with E-state index in [0.29, 0.717) is 21.7 Å². The van der Waals surface area contributed by atoms with Gasteiger partial charge >= 0.3 is 6.18 Å². The molecule has 3 saturated heterocycles. The van der Waals surface area contributed by atoms with Gasteiger partial charge in [-0.2, -0.15) is 13.2 Å². The predicted molar refractivity (Wildman–Crippen MR) is 133 cm³/mol. The van der Waals surface area contributed by atoms with Gasteiger partial charge in [-0.05, 0) is 37.3 Å². The number of aryl methyl sites for hydroxylation is 1. The van der Waals surface area contributed by atoms with E-state index in [1.807, 2.05) is 0 Å². The summed E-state index contributed by atoms with van der Waals surface area (Å²) in [7, 11) is 0. The van der Waals surface area contributed by atoms with Crippen LogP contribution in [0.25, 0.3) is 10.2 Å². The maximum atomic E-state index is 12.9. The molecule has 1 unspecified atom stereocenters. The van der Waals surface area contributed by atoms with Crippen LogP contribution in [0.4, 0.5) is 19.0 Å². The van der Waals surface area contributed by atoms with Gasteiger partial charge < -0.3 is 10.2 Å². The number of thiophene rings is 1. The number of hydrogen-bond acceptors (Lipinski definition) is 6. The maximum Gasteiger partial charge on any atom is 0.393 e. The van der Waals surface area contributed by atoms with Crippen LogP contribution >= 0.6 is 11.3 Å². The van der Waals surface area contributed by atoms with Crippen molar-refractivity contribution in [3.05, 3.63) is 52.7 Å². The molecule has 1 atom stereocenters. The zero-order chi connectivity index (χ0) is 24.2. The first kappa shape index (κ1) is 23.2. The molecule has 0 amide bonds. The molecule has 9 heteroatoms. The van der Waals surface area contributed by atoms with Gasteiger partial charge in [-0.3, -0.25) is 4.90 Å². The van der Waals surface area contributed by atoms with Gasteiger partial charge in [0.1, 0.15) is 17.0 Å². The average molecular weight is 502 g/mol. The highest BCUT2D eigenvalue weighted by Gasteiger charge is 2.51. The Balaban J connectivity index is 1.15. The van der Waals surface area contributed by atoms with Gasteiger partial charge in [0.15, 0.2) is 0 Å². The number of rotatable bonds is 6. The molecule has 1 aromatic carbocycles. The van der Waals surface area contributed by atoms with Crippen LogP contribution in [0.15, 0.2) is 36.7 Å². The highest BCUT2D eigenvalue weighted by molar-refractivity contribution is 7.18. The highest BCUT2D eigenvalue weighted by atomic mass is 32.1. The summed E-state index contributed by atoms with van der Waals surface area (Å²) in [5.74, 6) is 1.47. The molecule has 35 heavy (non-hydrogen) atoms. The summed E-state index contributed by atoms with van der Waals surface area (Å²) < 4.78 is 38.8. The SMILES string of the molecule is Cc1ccc(CC(C2CNC2)N2CC3(CCN(c4ncnc5sc(CC(F)(F)F)cc45)C3)C2)cc1. The molecule has 3 aliphatic rings. The Hall–Kier alpha value is -2.23. The lowest BCUT2D eigenvalue weighted by atomic mass is 9.75. The van der Waals surface area contributed by atoms with Gasteiger partial charge in [0.05, 0.1) is 11.8 Å². The first-order chi connectivity index (χ1) is 16.8. The van der Waals surface area contributed by atoms with Crippen LogP contribution < -0.4 is 10.2 Å². The van der Waals surface area contributed by atoms with Crippen LogP contribution in [0.5, 0.6) is 0 Å². The van der Waals surface area contributed by atoms with Crippen LogP contribution in [0, 0.1) is 18.3 Å². The van der Waals surface area contributed by atoms with E-state index in [2.05, 4.69) is 56.3 Å². The lowest BCUT2D eigenvalue weighted by Crippen LogP contribution is -2.66. The largest absolute Gasteiger partial charge is 0.393 e. The lowest BCUT2D eigenvalue weighted by molar-refractivity contribution is -0.126. The van der Waals surface area contributed by atoms with Gasteiger partial charge in [-0.15, -0.1) is 11.3 Å². The Labute approximate surface area is 207 Å². The van der Waals surface area contributed by atoms with E-state index in [9.17, 15) is 13.2 Å². The number of halogens is 3. The second-order valence-electron chi connectivity index (χ2n) is 10.7. The van der Waals surface area contributed by atoms with Gasteiger partial charge in [-0.1, -0.05) is 29.8 Å². The van der Waals surface area contributed by atoms with E-state index < -0.39 is 12.6 Å². The molecule has 0 saturated carbocycles. The summed E-state index contributed by atoms with van der Waals surface area (Å²) in [6.45, 7) is 8.24. The van der Waals surface area contributed by atoms with Crippen LogP contribution in [0.3, 0.4) is 0 Å². The fourth-order valence-corrected chi connectivity index (χ4v) is 7.02. The monoisotopic (exact) mass is 501 g/mol. The van der Waals surface area contributed by atoms with E-state index in [4.69, 9.17) is 0 Å². The Morgan fingerprint density at radius 3 is 2.60 bits per heavy atom. The molecule has 6 rings (SSSR count). The molecule has 5 nitrogen and oxygen atoms in total. The fourth-order valence-electron chi connectivity index (χ4n) is 6.00. The summed E-state index contributed by atoms with van der Waals surface area (Å²) in [4.78, 5) is 14.6. The summed E-state index contributed by atoms with van der Waals surface area (Å²) in [5, 5.41) is 4.20. The van der Waals surface area contributed by atoms with Crippen molar-refractivity contribution < 1.29 is 13.2 Å². The van der Waals surface area contributed by atoms with Crippen molar-refractivity contribution >= 4 is 27.4 Å². The molecular weight excluding hydrogens is 471 g/mol. The van der Waals surface area contributed by atoms with Crippen molar-refractivity contribution in [1.82, 2.24) is 20.2 Å². The molecule has 2 aromatic heterocycles. The van der Waals surface area contributed by atoms with E-state index in [0.717, 1.165) is 74.7 Å². The summed E-state index contributed by atoms with van der Waals surface area (Å²) in [6, 6.07) is 11.1. The van der Waals surface area contributed by atoms with Crippen LogP contribution in [-0.4, -0.2) is 66.4 Å². The Morgan fingerprint density at radius 2 is 1.91 bits per heavy atom. The quantitative estimate of drug-likeness (QED) is 0.541. The normalized spacial score (nSPS) is 21.4. The molecule has 3 aromatic rings. The lowest BCUT2D eigenvalue weighted by Gasteiger charge is -2.54. The number of fused-ring (bicyclic) bond motifs is 1. The molecule has 0 radical (unpaired) electrons. The summed E-state index contributed by atoms with van der Waals surface area (Å²) in [5.41, 5.74) is 2.93. The minimum absolute atomic E-state index is 0.241. The van der Waals surface area contributed by atoms with Crippen LogP contribution in [0.1, 0.15) is 22.4 Å². The third-order valence-electron chi connectivity index (χ3n) is 7.94. The minimum Gasteiger partial charge on any atom is -0.355 e. The molecule has 0 aliphatic carbocycles. The topological polar surface area (TPSA) is 44.3 Å². The molecule has 1 spiro atoms. The number of benzene rings is 1. The zero-order valence-electron chi connectivity index (χ0n) is 19.8. The number of nitrogens with zero attached hydrogens (tertiary/aromatic N) is 4. The maximum absolute atomic E-state index is 12.9. The Morgan fingerprint density at radius 1 is 1.14 bits per heavy atom. The third-order valence-corrected chi connectivity index (χ3v) is 8.98. The van der Waals surface area contributed by atoms with E-state index >= 15 is 0 Å². The van der Waals surface area contributed by atoms with Crippen LogP contribution in [-0.2, 0) is 12.8 Å². The molecule has 1 N–H and O–H groups in total. The average Bonchev–Trinajstić information content (AvgIpc) is 3.35. The van der Waals surface area contributed by atoms with E-state index in [1.54, 1.807) is 6.07 Å². The summed E-state index contributed by atoms with van der Waals surface area (Å²) >= 11 is 1.12. The van der Waals surface area contributed by atoms with Gasteiger partial charge in [0.2, 0.25) is 0 Å². The first-order valence-electron chi connectivity index (χ1n) is 12.3. The number of likely N-dealkylation sites (tertiary alicyclic amines) is 1. The highest BCUT2D eigenvalue weighted by Crippen LogP contribution is 2.45. The number of alkyl halides is 3. The van der Waals surface area contributed by atoms with Gasteiger partial charge in [0, 0.05) is 55.6 Å². The fraction of sp³-hybridized carbons (Fsp3) is 0.538.